The number of aryl methyl sites for hydroxylation is 1. The summed E-state index contributed by atoms with van der Waals surface area (Å²) in [5.41, 5.74) is 2.05. The van der Waals surface area contributed by atoms with Gasteiger partial charge in [0.05, 0.1) is 0 Å². The molecule has 1 aromatic carbocycles. The summed E-state index contributed by atoms with van der Waals surface area (Å²) in [4.78, 5) is 17.7. The van der Waals surface area contributed by atoms with Crippen molar-refractivity contribution >= 4 is 5.91 Å². The fraction of sp³-hybridized carbons (Fsp3) is 0.500. The Bertz CT molecular complexity index is 726. The topological polar surface area (TPSA) is 41.4 Å². The summed E-state index contributed by atoms with van der Waals surface area (Å²) in [5, 5.41) is 4.16. The molecule has 2 aliphatic heterocycles. The standard InChI is InChI=1S/C20H26N4O/c1-22-19(11-12-21-22)20(25)24-14-6-10-18(24)17-9-5-13-23(17)15-16-7-3-2-4-8-16/h2-4,7-8,11-12,17-18H,5-6,9-10,13-15H2,1H3/t17-,18-/m1/s1. The van der Waals surface area contributed by atoms with Crippen LogP contribution < -0.4 is 0 Å². The summed E-state index contributed by atoms with van der Waals surface area (Å²) < 4.78 is 1.69. The molecule has 1 aromatic heterocycles. The van der Waals surface area contributed by atoms with Crippen molar-refractivity contribution in [2.24, 2.45) is 7.05 Å². The lowest BCUT2D eigenvalue weighted by molar-refractivity contribution is 0.0628. The lowest BCUT2D eigenvalue weighted by Gasteiger charge is -2.35. The lowest BCUT2D eigenvalue weighted by Crippen LogP contribution is -2.48. The molecule has 0 aliphatic carbocycles. The normalized spacial score (nSPS) is 24.1. The fourth-order valence-electron chi connectivity index (χ4n) is 4.48. The highest BCUT2D eigenvalue weighted by atomic mass is 16.2. The van der Waals surface area contributed by atoms with E-state index < -0.39 is 0 Å². The average molecular weight is 338 g/mol. The van der Waals surface area contributed by atoms with E-state index >= 15 is 0 Å². The summed E-state index contributed by atoms with van der Waals surface area (Å²) >= 11 is 0. The second kappa shape index (κ2) is 7.00. The number of carbonyl (C=O) groups is 1. The Morgan fingerprint density at radius 1 is 1.08 bits per heavy atom. The number of nitrogens with zero attached hydrogens (tertiary/aromatic N) is 4. The highest BCUT2D eigenvalue weighted by Crippen LogP contribution is 2.32. The highest BCUT2D eigenvalue weighted by molar-refractivity contribution is 5.93. The van der Waals surface area contributed by atoms with E-state index in [-0.39, 0.29) is 5.91 Å². The highest BCUT2D eigenvalue weighted by Gasteiger charge is 2.40. The van der Waals surface area contributed by atoms with Gasteiger partial charge in [0.15, 0.2) is 0 Å². The van der Waals surface area contributed by atoms with Crippen LogP contribution in [0.25, 0.3) is 0 Å². The second-order valence-corrected chi connectivity index (χ2v) is 7.21. The van der Waals surface area contributed by atoms with Crippen LogP contribution in [0.3, 0.4) is 0 Å². The molecule has 5 nitrogen and oxygen atoms in total. The van der Waals surface area contributed by atoms with Gasteiger partial charge < -0.3 is 4.90 Å². The van der Waals surface area contributed by atoms with Gasteiger partial charge in [-0.25, -0.2) is 0 Å². The maximum atomic E-state index is 13.0. The zero-order valence-electron chi connectivity index (χ0n) is 14.8. The summed E-state index contributed by atoms with van der Waals surface area (Å²) in [6, 6.07) is 13.3. The van der Waals surface area contributed by atoms with E-state index in [0.717, 1.165) is 32.5 Å². The van der Waals surface area contributed by atoms with Crippen molar-refractivity contribution in [2.45, 2.75) is 44.3 Å². The largest absolute Gasteiger partial charge is 0.333 e. The van der Waals surface area contributed by atoms with E-state index in [1.54, 1.807) is 10.9 Å². The first kappa shape index (κ1) is 16.3. The van der Waals surface area contributed by atoms with Gasteiger partial charge in [0.2, 0.25) is 0 Å². The van der Waals surface area contributed by atoms with Gasteiger partial charge in [-0.05, 0) is 43.9 Å². The molecule has 5 heteroatoms. The van der Waals surface area contributed by atoms with Crippen LogP contribution in [0.4, 0.5) is 0 Å². The molecule has 2 aromatic rings. The third-order valence-corrected chi connectivity index (χ3v) is 5.69. The number of hydrogen-bond donors (Lipinski definition) is 0. The SMILES string of the molecule is Cn1nccc1C(=O)N1CCC[C@@H]1[C@H]1CCCN1Cc1ccccc1. The summed E-state index contributed by atoms with van der Waals surface area (Å²) in [5.74, 6) is 0.133. The Morgan fingerprint density at radius 2 is 1.84 bits per heavy atom. The van der Waals surface area contributed by atoms with Crippen LogP contribution in [0.1, 0.15) is 41.7 Å². The van der Waals surface area contributed by atoms with Gasteiger partial charge in [0.1, 0.15) is 5.69 Å². The Kier molecular flexibility index (Phi) is 4.57. The number of carbonyl (C=O) groups excluding carboxylic acids is 1. The lowest BCUT2D eigenvalue weighted by atomic mass is 10.0. The summed E-state index contributed by atoms with van der Waals surface area (Å²) in [7, 11) is 1.84. The van der Waals surface area contributed by atoms with Crippen molar-refractivity contribution < 1.29 is 4.79 Å². The molecule has 2 atom stereocenters. The van der Waals surface area contributed by atoms with E-state index in [1.165, 1.54) is 18.4 Å². The van der Waals surface area contributed by atoms with E-state index in [4.69, 9.17) is 0 Å². The smallest absolute Gasteiger partial charge is 0.272 e. The third kappa shape index (κ3) is 3.21. The van der Waals surface area contributed by atoms with Crippen LogP contribution in [0.2, 0.25) is 0 Å². The molecular formula is C20H26N4O. The van der Waals surface area contributed by atoms with Gasteiger partial charge >= 0.3 is 0 Å². The molecule has 4 rings (SSSR count). The Labute approximate surface area is 149 Å². The average Bonchev–Trinajstić information content (AvgIpc) is 3.35. The molecule has 0 saturated carbocycles. The molecule has 0 radical (unpaired) electrons. The van der Waals surface area contributed by atoms with Crippen molar-refractivity contribution in [3.63, 3.8) is 0 Å². The van der Waals surface area contributed by atoms with Crippen LogP contribution in [0, 0.1) is 0 Å². The zero-order chi connectivity index (χ0) is 17.2. The van der Waals surface area contributed by atoms with Gasteiger partial charge in [-0.1, -0.05) is 30.3 Å². The monoisotopic (exact) mass is 338 g/mol. The van der Waals surface area contributed by atoms with Crippen molar-refractivity contribution in [2.75, 3.05) is 13.1 Å². The molecule has 0 spiro atoms. The van der Waals surface area contributed by atoms with E-state index in [0.29, 0.717) is 17.8 Å². The maximum absolute atomic E-state index is 13.0. The predicted octanol–water partition coefficient (Wildman–Crippen LogP) is 2.69. The van der Waals surface area contributed by atoms with Crippen LogP contribution in [0.15, 0.2) is 42.6 Å². The number of aromatic nitrogens is 2. The van der Waals surface area contributed by atoms with Gasteiger partial charge in [0, 0.05) is 38.4 Å². The first-order valence-electron chi connectivity index (χ1n) is 9.31. The van der Waals surface area contributed by atoms with Crippen molar-refractivity contribution in [1.29, 1.82) is 0 Å². The Hall–Kier alpha value is -2.14. The van der Waals surface area contributed by atoms with E-state index in [9.17, 15) is 4.79 Å². The first-order chi connectivity index (χ1) is 12.2. The molecule has 1 amide bonds. The minimum Gasteiger partial charge on any atom is -0.333 e. The molecule has 2 saturated heterocycles. The molecule has 2 aliphatic rings. The van der Waals surface area contributed by atoms with Crippen LogP contribution in [0.5, 0.6) is 0 Å². The molecular weight excluding hydrogens is 312 g/mol. The number of amides is 1. The minimum absolute atomic E-state index is 0.133. The molecule has 0 unspecified atom stereocenters. The number of benzene rings is 1. The van der Waals surface area contributed by atoms with Crippen LogP contribution >= 0.6 is 0 Å². The van der Waals surface area contributed by atoms with Crippen molar-refractivity contribution in [1.82, 2.24) is 19.6 Å². The number of hydrogen-bond acceptors (Lipinski definition) is 3. The van der Waals surface area contributed by atoms with Crippen LogP contribution in [-0.4, -0.2) is 50.7 Å². The van der Waals surface area contributed by atoms with Gasteiger partial charge in [-0.15, -0.1) is 0 Å². The molecule has 132 valence electrons. The predicted molar refractivity (Wildman–Crippen MR) is 97.1 cm³/mol. The Balaban J connectivity index is 1.51. The van der Waals surface area contributed by atoms with Crippen LogP contribution in [-0.2, 0) is 13.6 Å². The van der Waals surface area contributed by atoms with Gasteiger partial charge in [0.25, 0.3) is 5.91 Å². The zero-order valence-corrected chi connectivity index (χ0v) is 14.8. The summed E-state index contributed by atoms with van der Waals surface area (Å²) in [6.07, 6.45) is 6.33. The number of rotatable bonds is 4. The second-order valence-electron chi connectivity index (χ2n) is 7.21. The molecule has 0 N–H and O–H groups in total. The summed E-state index contributed by atoms with van der Waals surface area (Å²) in [6.45, 7) is 2.98. The molecule has 0 bridgehead atoms. The minimum atomic E-state index is 0.133. The fourth-order valence-corrected chi connectivity index (χ4v) is 4.48. The first-order valence-corrected chi connectivity index (χ1v) is 9.31. The van der Waals surface area contributed by atoms with E-state index in [1.807, 2.05) is 13.1 Å². The third-order valence-electron chi connectivity index (χ3n) is 5.69. The number of likely N-dealkylation sites (tertiary alicyclic amines) is 2. The maximum Gasteiger partial charge on any atom is 0.272 e. The van der Waals surface area contributed by atoms with Gasteiger partial charge in [-0.2, -0.15) is 5.10 Å². The molecule has 25 heavy (non-hydrogen) atoms. The molecule has 3 heterocycles. The molecule has 2 fully saturated rings. The van der Waals surface area contributed by atoms with E-state index in [2.05, 4.69) is 45.2 Å². The quantitative estimate of drug-likeness (QED) is 0.861. The Morgan fingerprint density at radius 3 is 2.60 bits per heavy atom. The van der Waals surface area contributed by atoms with Crippen molar-refractivity contribution in [3.8, 4) is 0 Å². The van der Waals surface area contributed by atoms with Gasteiger partial charge in [-0.3, -0.25) is 14.4 Å². The van der Waals surface area contributed by atoms with Crippen molar-refractivity contribution in [3.05, 3.63) is 53.9 Å².